The van der Waals surface area contributed by atoms with Gasteiger partial charge in [-0.05, 0) is 50.1 Å². The van der Waals surface area contributed by atoms with Crippen LogP contribution in [0, 0.1) is 20.8 Å². The monoisotopic (exact) mass is 336 g/mol. The summed E-state index contributed by atoms with van der Waals surface area (Å²) in [6, 6.07) is 9.33. The Morgan fingerprint density at radius 3 is 2.11 bits per heavy atom. The minimum atomic E-state index is 0.0122. The van der Waals surface area contributed by atoms with E-state index in [4.69, 9.17) is 11.6 Å². The molecule has 2 aromatic carbocycles. The predicted molar refractivity (Wildman–Crippen MR) is 83.2 cm³/mol. The minimum Gasteiger partial charge on any atom is -0.289 e. The van der Waals surface area contributed by atoms with E-state index in [0.717, 1.165) is 21.2 Å². The number of hydrogen-bond donors (Lipinski definition) is 0. The van der Waals surface area contributed by atoms with E-state index < -0.39 is 0 Å². The number of benzene rings is 2. The van der Waals surface area contributed by atoms with Crippen LogP contribution in [0.5, 0.6) is 0 Å². The van der Waals surface area contributed by atoms with E-state index >= 15 is 0 Å². The molecule has 0 atom stereocenters. The number of carbonyl (C=O) groups excluding carboxylic acids is 1. The molecule has 3 heteroatoms. The fraction of sp³-hybridized carbons (Fsp3) is 0.188. The number of aryl methyl sites for hydroxylation is 3. The molecule has 98 valence electrons. The van der Waals surface area contributed by atoms with Crippen molar-refractivity contribution in [2.45, 2.75) is 20.8 Å². The van der Waals surface area contributed by atoms with Gasteiger partial charge in [-0.15, -0.1) is 0 Å². The number of ketones is 1. The second kappa shape index (κ2) is 5.48. The van der Waals surface area contributed by atoms with Gasteiger partial charge in [-0.3, -0.25) is 4.79 Å². The lowest BCUT2D eigenvalue weighted by Gasteiger charge is -2.11. The molecule has 0 amide bonds. The summed E-state index contributed by atoms with van der Waals surface area (Å²) in [5, 5.41) is 0.556. The largest absolute Gasteiger partial charge is 0.289 e. The molecule has 0 fully saturated rings. The van der Waals surface area contributed by atoms with Crippen molar-refractivity contribution in [3.05, 3.63) is 67.6 Å². The minimum absolute atomic E-state index is 0.0122. The van der Waals surface area contributed by atoms with Crippen molar-refractivity contribution in [2.24, 2.45) is 0 Å². The first-order valence-electron chi connectivity index (χ1n) is 5.97. The van der Waals surface area contributed by atoms with E-state index in [-0.39, 0.29) is 5.78 Å². The molecule has 2 rings (SSSR count). The molecule has 19 heavy (non-hydrogen) atoms. The average molecular weight is 338 g/mol. The Kier molecular flexibility index (Phi) is 4.12. The first-order chi connectivity index (χ1) is 8.88. The van der Waals surface area contributed by atoms with Gasteiger partial charge in [0, 0.05) is 20.6 Å². The Morgan fingerprint density at radius 2 is 1.58 bits per heavy atom. The molecule has 0 unspecified atom stereocenters. The van der Waals surface area contributed by atoms with Crippen LogP contribution in [0.4, 0.5) is 0 Å². The summed E-state index contributed by atoms with van der Waals surface area (Å²) in [5.41, 5.74) is 4.53. The molecular formula is C16H14BrClO. The Labute approximate surface area is 126 Å². The third-order valence-electron chi connectivity index (χ3n) is 3.03. The van der Waals surface area contributed by atoms with Crippen LogP contribution in [0.15, 0.2) is 34.8 Å². The predicted octanol–water partition coefficient (Wildman–Crippen LogP) is 5.26. The van der Waals surface area contributed by atoms with E-state index in [1.165, 1.54) is 5.56 Å². The van der Waals surface area contributed by atoms with E-state index in [0.29, 0.717) is 10.6 Å². The summed E-state index contributed by atoms with van der Waals surface area (Å²) in [5.74, 6) is 0.0122. The Balaban J connectivity index is 2.56. The van der Waals surface area contributed by atoms with Crippen molar-refractivity contribution >= 4 is 33.3 Å². The topological polar surface area (TPSA) is 17.1 Å². The number of rotatable bonds is 2. The lowest BCUT2D eigenvalue weighted by atomic mass is 9.93. The summed E-state index contributed by atoms with van der Waals surface area (Å²) in [7, 11) is 0. The lowest BCUT2D eigenvalue weighted by Crippen LogP contribution is -2.07. The van der Waals surface area contributed by atoms with Crippen LogP contribution in [-0.2, 0) is 0 Å². The molecule has 0 saturated carbocycles. The fourth-order valence-electron chi connectivity index (χ4n) is 2.37. The van der Waals surface area contributed by atoms with E-state index in [2.05, 4.69) is 15.9 Å². The molecule has 2 aromatic rings. The third-order valence-corrected chi connectivity index (χ3v) is 3.70. The molecule has 0 N–H and O–H groups in total. The molecule has 0 spiro atoms. The molecule has 0 bridgehead atoms. The van der Waals surface area contributed by atoms with Gasteiger partial charge in [-0.2, -0.15) is 0 Å². The highest BCUT2D eigenvalue weighted by atomic mass is 79.9. The lowest BCUT2D eigenvalue weighted by molar-refractivity contribution is 0.103. The van der Waals surface area contributed by atoms with Crippen LogP contribution in [0.3, 0.4) is 0 Å². The average Bonchev–Trinajstić information content (AvgIpc) is 2.25. The number of hydrogen-bond acceptors (Lipinski definition) is 1. The first kappa shape index (κ1) is 14.3. The third kappa shape index (κ3) is 3.07. The van der Waals surface area contributed by atoms with Gasteiger partial charge in [0.05, 0.1) is 0 Å². The Morgan fingerprint density at radius 1 is 1.00 bits per heavy atom. The molecular weight excluding hydrogens is 324 g/mol. The molecule has 0 saturated heterocycles. The number of halogens is 2. The zero-order valence-corrected chi connectivity index (χ0v) is 13.4. The van der Waals surface area contributed by atoms with Crippen molar-refractivity contribution in [1.82, 2.24) is 0 Å². The highest BCUT2D eigenvalue weighted by Gasteiger charge is 2.15. The molecule has 0 aliphatic carbocycles. The maximum Gasteiger partial charge on any atom is 0.193 e. The van der Waals surface area contributed by atoms with Crippen molar-refractivity contribution in [3.8, 4) is 0 Å². The maximum absolute atomic E-state index is 12.6. The van der Waals surface area contributed by atoms with E-state index in [1.807, 2.05) is 32.9 Å². The summed E-state index contributed by atoms with van der Waals surface area (Å²) in [6.45, 7) is 5.96. The summed E-state index contributed by atoms with van der Waals surface area (Å²) < 4.78 is 0.811. The summed E-state index contributed by atoms with van der Waals surface area (Å²) >= 11 is 9.37. The second-order valence-electron chi connectivity index (χ2n) is 4.76. The normalized spacial score (nSPS) is 10.6. The van der Waals surface area contributed by atoms with Gasteiger partial charge < -0.3 is 0 Å². The van der Waals surface area contributed by atoms with Crippen LogP contribution in [-0.4, -0.2) is 5.78 Å². The van der Waals surface area contributed by atoms with E-state index in [1.54, 1.807) is 18.2 Å². The van der Waals surface area contributed by atoms with Gasteiger partial charge in [-0.1, -0.05) is 45.2 Å². The van der Waals surface area contributed by atoms with E-state index in [9.17, 15) is 4.79 Å². The van der Waals surface area contributed by atoms with Gasteiger partial charge in [0.25, 0.3) is 0 Å². The van der Waals surface area contributed by atoms with Crippen LogP contribution in [0.25, 0.3) is 0 Å². The van der Waals surface area contributed by atoms with Gasteiger partial charge in [0.1, 0.15) is 0 Å². The molecule has 0 aliphatic rings. The van der Waals surface area contributed by atoms with Gasteiger partial charge in [0.15, 0.2) is 5.78 Å². The van der Waals surface area contributed by atoms with Crippen LogP contribution in [0.1, 0.15) is 32.6 Å². The van der Waals surface area contributed by atoms with Crippen LogP contribution < -0.4 is 0 Å². The molecule has 0 aliphatic heterocycles. The van der Waals surface area contributed by atoms with Crippen molar-refractivity contribution in [3.63, 3.8) is 0 Å². The number of carbonyl (C=O) groups is 1. The SMILES string of the molecule is Cc1cc(C)c(C(=O)c2cc(Cl)cc(Br)c2)c(C)c1. The molecule has 1 nitrogen and oxygen atoms in total. The summed E-state index contributed by atoms with van der Waals surface area (Å²) in [4.78, 5) is 12.6. The van der Waals surface area contributed by atoms with Gasteiger partial charge in [-0.25, -0.2) is 0 Å². The fourth-order valence-corrected chi connectivity index (χ4v) is 3.23. The Bertz CT molecular complexity index is 619. The highest BCUT2D eigenvalue weighted by molar-refractivity contribution is 9.10. The molecule has 0 aromatic heterocycles. The standard InChI is InChI=1S/C16H14BrClO/c1-9-4-10(2)15(11(3)5-9)16(19)12-6-13(17)8-14(18)7-12/h4-8H,1-3H3. The van der Waals surface area contributed by atoms with Gasteiger partial charge in [0.2, 0.25) is 0 Å². The zero-order valence-electron chi connectivity index (χ0n) is 11.1. The van der Waals surface area contributed by atoms with Crippen molar-refractivity contribution < 1.29 is 4.79 Å². The van der Waals surface area contributed by atoms with Gasteiger partial charge >= 0.3 is 0 Å². The Hall–Kier alpha value is -1.12. The summed E-state index contributed by atoms with van der Waals surface area (Å²) in [6.07, 6.45) is 0. The smallest absolute Gasteiger partial charge is 0.193 e. The maximum atomic E-state index is 12.6. The van der Waals surface area contributed by atoms with Crippen LogP contribution >= 0.6 is 27.5 Å². The van der Waals surface area contributed by atoms with Crippen molar-refractivity contribution in [2.75, 3.05) is 0 Å². The highest BCUT2D eigenvalue weighted by Crippen LogP contribution is 2.24. The first-order valence-corrected chi connectivity index (χ1v) is 7.14. The molecule has 0 radical (unpaired) electrons. The van der Waals surface area contributed by atoms with Crippen LogP contribution in [0.2, 0.25) is 5.02 Å². The molecule has 0 heterocycles. The quantitative estimate of drug-likeness (QED) is 0.683. The second-order valence-corrected chi connectivity index (χ2v) is 6.11. The van der Waals surface area contributed by atoms with Crippen molar-refractivity contribution in [1.29, 1.82) is 0 Å². The zero-order chi connectivity index (χ0) is 14.2.